The van der Waals surface area contributed by atoms with Crippen molar-refractivity contribution >= 4 is 0 Å². The van der Waals surface area contributed by atoms with Gasteiger partial charge in [-0.05, 0) is 43.7 Å². The second kappa shape index (κ2) is 3.39. The molecule has 0 spiro atoms. The molecule has 1 nitrogen and oxygen atoms in total. The van der Waals surface area contributed by atoms with Crippen LogP contribution in [0.4, 0.5) is 0 Å². The minimum atomic E-state index is -0.209. The molecule has 1 heteroatoms. The quantitative estimate of drug-likeness (QED) is 0.760. The Hall–Kier alpha value is -0.820. The van der Waals surface area contributed by atoms with Crippen LogP contribution in [0.25, 0.3) is 0 Å². The van der Waals surface area contributed by atoms with Gasteiger partial charge in [0.2, 0.25) is 0 Å². The second-order valence-electron chi connectivity index (χ2n) is 4.97. The highest BCUT2D eigenvalue weighted by molar-refractivity contribution is 5.31. The summed E-state index contributed by atoms with van der Waals surface area (Å²) in [6.45, 7) is 4.12. The fourth-order valence-corrected chi connectivity index (χ4v) is 1.93. The average Bonchev–Trinajstić information content (AvgIpc) is 2.00. The zero-order chi connectivity index (χ0) is 10.2. The molecular formula is C13H19N. The van der Waals surface area contributed by atoms with E-state index in [1.165, 1.54) is 30.4 Å². The van der Waals surface area contributed by atoms with Crippen LogP contribution in [0.15, 0.2) is 24.3 Å². The Morgan fingerprint density at radius 2 is 2.00 bits per heavy atom. The second-order valence-corrected chi connectivity index (χ2v) is 4.97. The van der Waals surface area contributed by atoms with Gasteiger partial charge in [0.25, 0.3) is 0 Å². The molecule has 1 saturated carbocycles. The smallest absolute Gasteiger partial charge is 0.0352 e. The molecule has 0 atom stereocenters. The summed E-state index contributed by atoms with van der Waals surface area (Å²) in [4.78, 5) is 0. The van der Waals surface area contributed by atoms with E-state index < -0.39 is 0 Å². The summed E-state index contributed by atoms with van der Waals surface area (Å²) in [6.07, 6.45) is 4.10. The van der Waals surface area contributed by atoms with Crippen LogP contribution >= 0.6 is 0 Å². The van der Waals surface area contributed by atoms with Gasteiger partial charge in [0.05, 0.1) is 0 Å². The molecule has 0 radical (unpaired) electrons. The van der Waals surface area contributed by atoms with Gasteiger partial charge in [-0.2, -0.15) is 0 Å². The third kappa shape index (κ3) is 1.83. The summed E-state index contributed by atoms with van der Waals surface area (Å²) in [7, 11) is 0. The molecule has 2 rings (SSSR count). The lowest BCUT2D eigenvalue weighted by Crippen LogP contribution is -2.28. The minimum Gasteiger partial charge on any atom is -0.322 e. The van der Waals surface area contributed by atoms with Crippen molar-refractivity contribution in [2.24, 2.45) is 5.73 Å². The highest BCUT2D eigenvalue weighted by Crippen LogP contribution is 2.37. The predicted octanol–water partition coefficient (Wildman–Crippen LogP) is 3.15. The molecule has 0 saturated heterocycles. The van der Waals surface area contributed by atoms with Crippen LogP contribution < -0.4 is 5.73 Å². The molecule has 1 aromatic rings. The third-order valence-electron chi connectivity index (χ3n) is 3.21. The molecule has 0 aliphatic heterocycles. The summed E-state index contributed by atoms with van der Waals surface area (Å²) in [6, 6.07) is 8.78. The van der Waals surface area contributed by atoms with Gasteiger partial charge in [-0.25, -0.2) is 0 Å². The number of nitrogens with two attached hydrogens (primary N) is 1. The molecule has 0 unspecified atom stereocenters. The Morgan fingerprint density at radius 1 is 1.29 bits per heavy atom. The van der Waals surface area contributed by atoms with Crippen molar-refractivity contribution in [3.8, 4) is 0 Å². The van der Waals surface area contributed by atoms with Crippen LogP contribution in [0, 0.1) is 0 Å². The number of benzene rings is 1. The summed E-state index contributed by atoms with van der Waals surface area (Å²) < 4.78 is 0. The lowest BCUT2D eigenvalue weighted by atomic mass is 9.78. The highest BCUT2D eigenvalue weighted by atomic mass is 14.7. The molecule has 1 aliphatic carbocycles. The van der Waals surface area contributed by atoms with Gasteiger partial charge >= 0.3 is 0 Å². The SMILES string of the molecule is CC(C)(N)c1cccc(C2CCC2)c1. The van der Waals surface area contributed by atoms with E-state index in [9.17, 15) is 0 Å². The van der Waals surface area contributed by atoms with Crippen LogP contribution in [0.1, 0.15) is 50.2 Å². The topological polar surface area (TPSA) is 26.0 Å². The Bertz CT molecular complexity index is 318. The Kier molecular flexibility index (Phi) is 2.36. The fraction of sp³-hybridized carbons (Fsp3) is 0.538. The Morgan fingerprint density at radius 3 is 2.50 bits per heavy atom. The lowest BCUT2D eigenvalue weighted by Gasteiger charge is -2.28. The molecule has 76 valence electrons. The van der Waals surface area contributed by atoms with Crippen LogP contribution in [-0.4, -0.2) is 0 Å². The van der Waals surface area contributed by atoms with E-state index in [4.69, 9.17) is 5.73 Å². The predicted molar refractivity (Wildman–Crippen MR) is 60.2 cm³/mol. The van der Waals surface area contributed by atoms with Gasteiger partial charge < -0.3 is 5.73 Å². The molecule has 1 aromatic carbocycles. The van der Waals surface area contributed by atoms with E-state index >= 15 is 0 Å². The normalized spacial score (nSPS) is 17.9. The number of hydrogen-bond donors (Lipinski definition) is 1. The molecule has 0 aromatic heterocycles. The summed E-state index contributed by atoms with van der Waals surface area (Å²) in [5.74, 6) is 0.803. The van der Waals surface area contributed by atoms with Crippen molar-refractivity contribution in [1.29, 1.82) is 0 Å². The fourth-order valence-electron chi connectivity index (χ4n) is 1.93. The van der Waals surface area contributed by atoms with Crippen LogP contribution in [0.2, 0.25) is 0 Å². The Labute approximate surface area is 86.3 Å². The van der Waals surface area contributed by atoms with Crippen molar-refractivity contribution in [3.05, 3.63) is 35.4 Å². The largest absolute Gasteiger partial charge is 0.322 e. The molecular weight excluding hydrogens is 170 g/mol. The molecule has 0 amide bonds. The zero-order valence-electron chi connectivity index (χ0n) is 9.09. The van der Waals surface area contributed by atoms with E-state index in [-0.39, 0.29) is 5.54 Å². The zero-order valence-corrected chi connectivity index (χ0v) is 9.09. The maximum absolute atomic E-state index is 6.09. The van der Waals surface area contributed by atoms with Gasteiger partial charge in [0.15, 0.2) is 0 Å². The van der Waals surface area contributed by atoms with Crippen molar-refractivity contribution in [2.75, 3.05) is 0 Å². The summed E-state index contributed by atoms with van der Waals surface area (Å²) in [5, 5.41) is 0. The van der Waals surface area contributed by atoms with Crippen molar-refractivity contribution in [1.82, 2.24) is 0 Å². The van der Waals surface area contributed by atoms with E-state index in [0.717, 1.165) is 5.92 Å². The lowest BCUT2D eigenvalue weighted by molar-refractivity contribution is 0.418. The first-order chi connectivity index (χ1) is 6.57. The first-order valence-electron chi connectivity index (χ1n) is 5.47. The van der Waals surface area contributed by atoms with E-state index in [1.54, 1.807) is 0 Å². The molecule has 0 heterocycles. The van der Waals surface area contributed by atoms with Crippen molar-refractivity contribution in [2.45, 2.75) is 44.6 Å². The molecule has 1 fully saturated rings. The Balaban J connectivity index is 2.26. The minimum absolute atomic E-state index is 0.209. The van der Waals surface area contributed by atoms with Gasteiger partial charge in [0.1, 0.15) is 0 Å². The molecule has 2 N–H and O–H groups in total. The van der Waals surface area contributed by atoms with Gasteiger partial charge in [-0.3, -0.25) is 0 Å². The van der Waals surface area contributed by atoms with Crippen molar-refractivity contribution in [3.63, 3.8) is 0 Å². The summed E-state index contributed by atoms with van der Waals surface area (Å²) in [5.41, 5.74) is 8.61. The number of hydrogen-bond acceptors (Lipinski definition) is 1. The average molecular weight is 189 g/mol. The van der Waals surface area contributed by atoms with Gasteiger partial charge in [-0.15, -0.1) is 0 Å². The van der Waals surface area contributed by atoms with E-state index in [1.807, 2.05) is 0 Å². The van der Waals surface area contributed by atoms with Crippen LogP contribution in [0.3, 0.4) is 0 Å². The maximum atomic E-state index is 6.09. The van der Waals surface area contributed by atoms with E-state index in [2.05, 4.69) is 38.1 Å². The summed E-state index contributed by atoms with van der Waals surface area (Å²) >= 11 is 0. The molecule has 0 bridgehead atoms. The van der Waals surface area contributed by atoms with E-state index in [0.29, 0.717) is 0 Å². The van der Waals surface area contributed by atoms with Crippen LogP contribution in [0.5, 0.6) is 0 Å². The standard InChI is InChI=1S/C13H19N/c1-13(2,14)12-8-4-7-11(9-12)10-5-3-6-10/h4,7-10H,3,5-6,14H2,1-2H3. The van der Waals surface area contributed by atoms with Gasteiger partial charge in [-0.1, -0.05) is 30.7 Å². The highest BCUT2D eigenvalue weighted by Gasteiger charge is 2.21. The van der Waals surface area contributed by atoms with Gasteiger partial charge in [0, 0.05) is 5.54 Å². The van der Waals surface area contributed by atoms with Crippen LogP contribution in [-0.2, 0) is 5.54 Å². The number of rotatable bonds is 2. The first kappa shape index (κ1) is 9.72. The maximum Gasteiger partial charge on any atom is 0.0352 e. The third-order valence-corrected chi connectivity index (χ3v) is 3.21. The first-order valence-corrected chi connectivity index (χ1v) is 5.47. The molecule has 14 heavy (non-hydrogen) atoms. The monoisotopic (exact) mass is 189 g/mol. The van der Waals surface area contributed by atoms with Crippen molar-refractivity contribution < 1.29 is 0 Å². The molecule has 1 aliphatic rings.